The molecule has 0 saturated carbocycles. The second-order valence-corrected chi connectivity index (χ2v) is 6.92. The monoisotopic (exact) mass is 322 g/mol. The van der Waals surface area contributed by atoms with Crippen LogP contribution in [0.5, 0.6) is 0 Å². The van der Waals surface area contributed by atoms with Crippen LogP contribution >= 0.6 is 0 Å². The van der Waals surface area contributed by atoms with Gasteiger partial charge in [0, 0.05) is 18.5 Å². The molecule has 1 aliphatic rings. The van der Waals surface area contributed by atoms with Crippen LogP contribution in [0.4, 0.5) is 4.39 Å². The van der Waals surface area contributed by atoms with Gasteiger partial charge in [-0.1, -0.05) is 12.1 Å². The fourth-order valence-electron chi connectivity index (χ4n) is 2.75. The molecule has 23 heavy (non-hydrogen) atoms. The molecule has 1 aromatic rings. The third-order valence-corrected chi connectivity index (χ3v) is 3.91. The Hall–Kier alpha value is -1.95. The molecule has 1 heterocycles. The molecular weight excluding hydrogens is 299 g/mol. The van der Waals surface area contributed by atoms with Gasteiger partial charge in [0.05, 0.1) is 18.6 Å². The molecule has 2 atom stereocenters. The zero-order valence-electron chi connectivity index (χ0n) is 13.7. The van der Waals surface area contributed by atoms with Gasteiger partial charge in [0.25, 0.3) is 0 Å². The number of likely N-dealkylation sites (tertiary alicyclic amines) is 1. The molecule has 1 aromatic carbocycles. The van der Waals surface area contributed by atoms with Gasteiger partial charge in [-0.25, -0.2) is 4.39 Å². The standard InChI is InChI=1S/C17H23FN2O3/c1-17(2,3)20-10-13(8-16(20)23)19-15(22)9-14(21)11-5-4-6-12(18)7-11/h4-7,13-14,21H,8-10H2,1-3H3,(H,19,22). The number of aliphatic hydroxyl groups is 1. The number of aliphatic hydroxyl groups excluding tert-OH is 1. The molecule has 2 amide bonds. The van der Waals surface area contributed by atoms with Crippen molar-refractivity contribution < 1.29 is 19.1 Å². The highest BCUT2D eigenvalue weighted by molar-refractivity contribution is 5.83. The maximum atomic E-state index is 13.1. The summed E-state index contributed by atoms with van der Waals surface area (Å²) in [6, 6.07) is 5.29. The van der Waals surface area contributed by atoms with Crippen molar-refractivity contribution in [2.45, 2.75) is 51.3 Å². The maximum Gasteiger partial charge on any atom is 0.225 e. The predicted molar refractivity (Wildman–Crippen MR) is 84.0 cm³/mol. The molecule has 0 aromatic heterocycles. The van der Waals surface area contributed by atoms with E-state index >= 15 is 0 Å². The Morgan fingerprint density at radius 2 is 2.17 bits per heavy atom. The van der Waals surface area contributed by atoms with Crippen molar-refractivity contribution in [3.05, 3.63) is 35.6 Å². The minimum atomic E-state index is -1.07. The van der Waals surface area contributed by atoms with Crippen LogP contribution in [0.3, 0.4) is 0 Å². The van der Waals surface area contributed by atoms with Crippen molar-refractivity contribution in [3.63, 3.8) is 0 Å². The first-order valence-electron chi connectivity index (χ1n) is 7.70. The Kier molecular flexibility index (Phi) is 5.04. The first-order valence-corrected chi connectivity index (χ1v) is 7.70. The van der Waals surface area contributed by atoms with Gasteiger partial charge >= 0.3 is 0 Å². The summed E-state index contributed by atoms with van der Waals surface area (Å²) in [7, 11) is 0. The second kappa shape index (κ2) is 6.66. The SMILES string of the molecule is CC(C)(C)N1CC(NC(=O)CC(O)c2cccc(F)c2)CC1=O. The average Bonchev–Trinajstić information content (AvgIpc) is 2.79. The summed E-state index contributed by atoms with van der Waals surface area (Å²) in [4.78, 5) is 25.8. The highest BCUT2D eigenvalue weighted by atomic mass is 19.1. The fourth-order valence-corrected chi connectivity index (χ4v) is 2.75. The summed E-state index contributed by atoms with van der Waals surface area (Å²) in [5.41, 5.74) is 0.0800. The number of halogens is 1. The van der Waals surface area contributed by atoms with Crippen molar-refractivity contribution >= 4 is 11.8 Å². The van der Waals surface area contributed by atoms with Gasteiger partial charge in [-0.05, 0) is 38.5 Å². The number of nitrogens with zero attached hydrogens (tertiary/aromatic N) is 1. The molecule has 2 unspecified atom stereocenters. The van der Waals surface area contributed by atoms with E-state index in [9.17, 15) is 19.1 Å². The lowest BCUT2D eigenvalue weighted by atomic mass is 10.1. The van der Waals surface area contributed by atoms with Crippen LogP contribution in [0.1, 0.15) is 45.3 Å². The van der Waals surface area contributed by atoms with E-state index in [4.69, 9.17) is 0 Å². The Labute approximate surface area is 135 Å². The number of benzene rings is 1. The molecule has 1 fully saturated rings. The highest BCUT2D eigenvalue weighted by Gasteiger charge is 2.36. The Balaban J connectivity index is 1.89. The normalized spacial score (nSPS) is 19.8. The summed E-state index contributed by atoms with van der Waals surface area (Å²) in [6.45, 7) is 6.30. The smallest absolute Gasteiger partial charge is 0.225 e. The molecule has 6 heteroatoms. The Bertz CT molecular complexity index is 598. The van der Waals surface area contributed by atoms with Crippen molar-refractivity contribution in [1.82, 2.24) is 10.2 Å². The Morgan fingerprint density at radius 1 is 1.48 bits per heavy atom. The highest BCUT2D eigenvalue weighted by Crippen LogP contribution is 2.22. The zero-order valence-corrected chi connectivity index (χ0v) is 13.7. The lowest BCUT2D eigenvalue weighted by molar-refractivity contribution is -0.131. The quantitative estimate of drug-likeness (QED) is 0.887. The summed E-state index contributed by atoms with van der Waals surface area (Å²) in [5, 5.41) is 12.8. The molecule has 0 radical (unpaired) electrons. The summed E-state index contributed by atoms with van der Waals surface area (Å²) in [6.07, 6.45) is -0.968. The number of carbonyl (C=O) groups excluding carboxylic acids is 2. The number of carbonyl (C=O) groups is 2. The molecule has 0 spiro atoms. The minimum Gasteiger partial charge on any atom is -0.388 e. The number of hydrogen-bond acceptors (Lipinski definition) is 3. The van der Waals surface area contributed by atoms with E-state index in [1.807, 2.05) is 20.8 Å². The van der Waals surface area contributed by atoms with Crippen LogP contribution in [0.25, 0.3) is 0 Å². The van der Waals surface area contributed by atoms with Gasteiger partial charge < -0.3 is 15.3 Å². The van der Waals surface area contributed by atoms with Gasteiger partial charge in [0.15, 0.2) is 0 Å². The van der Waals surface area contributed by atoms with Crippen LogP contribution in [0, 0.1) is 5.82 Å². The molecule has 1 aliphatic heterocycles. The van der Waals surface area contributed by atoms with Gasteiger partial charge in [-0.2, -0.15) is 0 Å². The van der Waals surface area contributed by atoms with Crippen LogP contribution in [0.2, 0.25) is 0 Å². The third kappa shape index (κ3) is 4.51. The first-order chi connectivity index (χ1) is 10.7. The van der Waals surface area contributed by atoms with Gasteiger partial charge in [0.1, 0.15) is 5.82 Å². The topological polar surface area (TPSA) is 69.6 Å². The van der Waals surface area contributed by atoms with Crippen molar-refractivity contribution in [1.29, 1.82) is 0 Å². The summed E-state index contributed by atoms with van der Waals surface area (Å²) >= 11 is 0. The van der Waals surface area contributed by atoms with Crippen LogP contribution < -0.4 is 5.32 Å². The van der Waals surface area contributed by atoms with Gasteiger partial charge in [0.2, 0.25) is 11.8 Å². The van der Waals surface area contributed by atoms with E-state index in [-0.39, 0.29) is 36.2 Å². The molecule has 2 rings (SSSR count). The third-order valence-electron chi connectivity index (χ3n) is 3.91. The van der Waals surface area contributed by atoms with E-state index in [0.717, 1.165) is 0 Å². The van der Waals surface area contributed by atoms with Gasteiger partial charge in [-0.3, -0.25) is 9.59 Å². The lowest BCUT2D eigenvalue weighted by Gasteiger charge is -2.32. The van der Waals surface area contributed by atoms with E-state index in [2.05, 4.69) is 5.32 Å². The number of nitrogens with one attached hydrogen (secondary N) is 1. The second-order valence-electron chi connectivity index (χ2n) is 6.92. The molecule has 2 N–H and O–H groups in total. The lowest BCUT2D eigenvalue weighted by Crippen LogP contribution is -2.44. The van der Waals surface area contributed by atoms with Crippen LogP contribution in [-0.2, 0) is 9.59 Å². The summed E-state index contributed by atoms with van der Waals surface area (Å²) < 4.78 is 13.1. The van der Waals surface area contributed by atoms with Gasteiger partial charge in [-0.15, -0.1) is 0 Å². The largest absolute Gasteiger partial charge is 0.388 e. The molecule has 5 nitrogen and oxygen atoms in total. The van der Waals surface area contributed by atoms with Crippen molar-refractivity contribution in [2.75, 3.05) is 6.54 Å². The molecule has 126 valence electrons. The molecular formula is C17H23FN2O3. The number of amides is 2. The molecule has 1 saturated heterocycles. The van der Waals surface area contributed by atoms with E-state index in [1.54, 1.807) is 11.0 Å². The van der Waals surface area contributed by atoms with E-state index in [1.165, 1.54) is 18.2 Å². The van der Waals surface area contributed by atoms with Crippen molar-refractivity contribution in [3.8, 4) is 0 Å². The van der Waals surface area contributed by atoms with E-state index < -0.39 is 11.9 Å². The predicted octanol–water partition coefficient (Wildman–Crippen LogP) is 1.76. The maximum absolute atomic E-state index is 13.1. The van der Waals surface area contributed by atoms with E-state index in [0.29, 0.717) is 12.1 Å². The van der Waals surface area contributed by atoms with Crippen molar-refractivity contribution in [2.24, 2.45) is 0 Å². The average molecular weight is 322 g/mol. The van der Waals surface area contributed by atoms with Crippen LogP contribution in [0.15, 0.2) is 24.3 Å². The summed E-state index contributed by atoms with van der Waals surface area (Å²) in [5.74, 6) is -0.798. The zero-order chi connectivity index (χ0) is 17.2. The molecule has 0 bridgehead atoms. The Morgan fingerprint density at radius 3 is 2.74 bits per heavy atom. The first kappa shape index (κ1) is 17.4. The number of hydrogen-bond donors (Lipinski definition) is 2. The fraction of sp³-hybridized carbons (Fsp3) is 0.529. The van der Waals surface area contributed by atoms with Crippen LogP contribution in [-0.4, -0.2) is 39.9 Å². The molecule has 0 aliphatic carbocycles. The minimum absolute atomic E-state index is 0.00785. The number of rotatable bonds is 4.